The van der Waals surface area contributed by atoms with Crippen LogP contribution in [-0.4, -0.2) is 19.8 Å². The molecule has 0 aromatic rings. The Morgan fingerprint density at radius 2 is 1.80 bits per heavy atom. The van der Waals surface area contributed by atoms with Gasteiger partial charge in [0, 0.05) is 0 Å². The second-order valence-electron chi connectivity index (χ2n) is 3.65. The predicted octanol–water partition coefficient (Wildman–Crippen LogP) is 1.19. The van der Waals surface area contributed by atoms with Crippen molar-refractivity contribution in [3.63, 3.8) is 0 Å². The maximum Gasteiger partial charge on any atom is 0.0619 e. The zero-order chi connectivity index (χ0) is 8.20. The van der Waals surface area contributed by atoms with E-state index >= 15 is 0 Å². The number of hydrogen-bond donors (Lipinski definition) is 2. The monoisotopic (exact) mass is 144 g/mol. The van der Waals surface area contributed by atoms with Crippen LogP contribution in [0.1, 0.15) is 27.7 Å². The molecule has 2 nitrogen and oxygen atoms in total. The van der Waals surface area contributed by atoms with Gasteiger partial charge >= 0.3 is 0 Å². The topological polar surface area (TPSA) is 24.1 Å². The van der Waals surface area contributed by atoms with E-state index in [1.807, 2.05) is 7.05 Å². The van der Waals surface area contributed by atoms with Gasteiger partial charge in [-0.1, -0.05) is 27.7 Å². The molecule has 0 bridgehead atoms. The molecule has 0 aromatic carbocycles. The summed E-state index contributed by atoms with van der Waals surface area (Å²) in [7, 11) is 1.98. The van der Waals surface area contributed by atoms with Crippen LogP contribution in [0.5, 0.6) is 0 Å². The summed E-state index contributed by atoms with van der Waals surface area (Å²) < 4.78 is 0. The summed E-state index contributed by atoms with van der Waals surface area (Å²) in [4.78, 5) is 0. The standard InChI is InChI=1S/C8H20N2/c1-6-10-7(9-5)8(2,3)4/h7,9-10H,6H2,1-5H3. The van der Waals surface area contributed by atoms with E-state index in [2.05, 4.69) is 38.3 Å². The highest BCUT2D eigenvalue weighted by Gasteiger charge is 2.20. The Labute approximate surface area is 64.4 Å². The van der Waals surface area contributed by atoms with Gasteiger partial charge in [0.05, 0.1) is 6.17 Å². The second kappa shape index (κ2) is 3.94. The molecular formula is C8H20N2. The first-order chi connectivity index (χ1) is 4.52. The molecule has 0 amide bonds. The summed E-state index contributed by atoms with van der Waals surface area (Å²) >= 11 is 0. The van der Waals surface area contributed by atoms with Crippen molar-refractivity contribution in [2.75, 3.05) is 13.6 Å². The molecule has 0 aliphatic rings. The van der Waals surface area contributed by atoms with Gasteiger partial charge in [0.1, 0.15) is 0 Å². The van der Waals surface area contributed by atoms with Gasteiger partial charge in [-0.15, -0.1) is 0 Å². The highest BCUT2D eigenvalue weighted by Crippen LogP contribution is 2.16. The molecule has 0 radical (unpaired) electrons. The van der Waals surface area contributed by atoms with Crippen molar-refractivity contribution in [3.8, 4) is 0 Å². The third kappa shape index (κ3) is 3.18. The molecule has 2 N–H and O–H groups in total. The summed E-state index contributed by atoms with van der Waals surface area (Å²) in [5.74, 6) is 0. The molecule has 0 saturated carbocycles. The molecular weight excluding hydrogens is 124 g/mol. The van der Waals surface area contributed by atoms with Gasteiger partial charge in [0.2, 0.25) is 0 Å². The smallest absolute Gasteiger partial charge is 0.0619 e. The number of nitrogens with one attached hydrogen (secondary N) is 2. The van der Waals surface area contributed by atoms with Gasteiger partial charge in [-0.3, -0.25) is 0 Å². The summed E-state index contributed by atoms with van der Waals surface area (Å²) in [6.45, 7) is 9.79. The van der Waals surface area contributed by atoms with E-state index in [0.29, 0.717) is 11.6 Å². The average Bonchev–Trinajstić information content (AvgIpc) is 1.80. The molecule has 62 valence electrons. The van der Waals surface area contributed by atoms with Gasteiger partial charge in [-0.2, -0.15) is 0 Å². The molecule has 0 saturated heterocycles. The molecule has 10 heavy (non-hydrogen) atoms. The zero-order valence-corrected chi connectivity index (χ0v) is 7.78. The SMILES string of the molecule is CCNC(NC)C(C)(C)C. The minimum Gasteiger partial charge on any atom is -0.305 e. The van der Waals surface area contributed by atoms with Crippen LogP contribution in [0.2, 0.25) is 0 Å². The Morgan fingerprint density at radius 1 is 1.30 bits per heavy atom. The minimum atomic E-state index is 0.296. The van der Waals surface area contributed by atoms with E-state index in [9.17, 15) is 0 Å². The van der Waals surface area contributed by atoms with Gasteiger partial charge in [-0.05, 0) is 19.0 Å². The van der Waals surface area contributed by atoms with Crippen LogP contribution in [0.15, 0.2) is 0 Å². The van der Waals surface area contributed by atoms with Gasteiger partial charge in [0.25, 0.3) is 0 Å². The molecule has 0 spiro atoms. The van der Waals surface area contributed by atoms with Crippen LogP contribution in [0, 0.1) is 5.41 Å². The number of rotatable bonds is 3. The van der Waals surface area contributed by atoms with Crippen LogP contribution < -0.4 is 10.6 Å². The number of hydrogen-bond acceptors (Lipinski definition) is 2. The predicted molar refractivity (Wildman–Crippen MR) is 46.0 cm³/mol. The summed E-state index contributed by atoms with van der Waals surface area (Å²) in [6.07, 6.45) is 0.414. The van der Waals surface area contributed by atoms with E-state index in [0.717, 1.165) is 6.54 Å². The lowest BCUT2D eigenvalue weighted by Crippen LogP contribution is -2.49. The van der Waals surface area contributed by atoms with Gasteiger partial charge < -0.3 is 10.6 Å². The highest BCUT2D eigenvalue weighted by molar-refractivity contribution is 4.75. The molecule has 2 heteroatoms. The first-order valence-electron chi connectivity index (χ1n) is 3.93. The molecule has 0 aliphatic heterocycles. The van der Waals surface area contributed by atoms with E-state index in [1.54, 1.807) is 0 Å². The summed E-state index contributed by atoms with van der Waals surface area (Å²) in [6, 6.07) is 0. The van der Waals surface area contributed by atoms with Crippen LogP contribution in [0.4, 0.5) is 0 Å². The van der Waals surface area contributed by atoms with Crippen LogP contribution in [0.3, 0.4) is 0 Å². The first-order valence-corrected chi connectivity index (χ1v) is 3.93. The maximum absolute atomic E-state index is 3.36. The van der Waals surface area contributed by atoms with E-state index in [1.165, 1.54) is 0 Å². The molecule has 0 rings (SSSR count). The first kappa shape index (κ1) is 9.92. The lowest BCUT2D eigenvalue weighted by atomic mass is 9.92. The van der Waals surface area contributed by atoms with E-state index in [4.69, 9.17) is 0 Å². The maximum atomic E-state index is 3.36. The van der Waals surface area contributed by atoms with Gasteiger partial charge in [0.15, 0.2) is 0 Å². The minimum absolute atomic E-state index is 0.296. The Morgan fingerprint density at radius 3 is 1.90 bits per heavy atom. The Hall–Kier alpha value is -0.0800. The Balaban J connectivity index is 3.81. The second-order valence-corrected chi connectivity index (χ2v) is 3.65. The third-order valence-electron chi connectivity index (χ3n) is 1.56. The fraction of sp³-hybridized carbons (Fsp3) is 1.00. The highest BCUT2D eigenvalue weighted by atomic mass is 15.1. The lowest BCUT2D eigenvalue weighted by molar-refractivity contribution is 0.241. The molecule has 0 aliphatic carbocycles. The van der Waals surface area contributed by atoms with E-state index in [-0.39, 0.29) is 0 Å². The molecule has 1 atom stereocenters. The van der Waals surface area contributed by atoms with Crippen molar-refractivity contribution in [2.45, 2.75) is 33.9 Å². The summed E-state index contributed by atoms with van der Waals surface area (Å²) in [5.41, 5.74) is 0.296. The van der Waals surface area contributed by atoms with Crippen molar-refractivity contribution < 1.29 is 0 Å². The quantitative estimate of drug-likeness (QED) is 0.581. The lowest BCUT2D eigenvalue weighted by Gasteiger charge is -2.30. The molecule has 0 fully saturated rings. The van der Waals surface area contributed by atoms with Crippen molar-refractivity contribution in [1.29, 1.82) is 0 Å². The van der Waals surface area contributed by atoms with Crippen molar-refractivity contribution >= 4 is 0 Å². The Kier molecular flexibility index (Phi) is 3.91. The molecule has 1 unspecified atom stereocenters. The van der Waals surface area contributed by atoms with Crippen LogP contribution in [-0.2, 0) is 0 Å². The normalized spacial score (nSPS) is 15.3. The van der Waals surface area contributed by atoms with Crippen molar-refractivity contribution in [2.24, 2.45) is 5.41 Å². The van der Waals surface area contributed by atoms with Gasteiger partial charge in [-0.25, -0.2) is 0 Å². The zero-order valence-electron chi connectivity index (χ0n) is 7.78. The van der Waals surface area contributed by atoms with Crippen LogP contribution >= 0.6 is 0 Å². The van der Waals surface area contributed by atoms with E-state index < -0.39 is 0 Å². The van der Waals surface area contributed by atoms with Crippen molar-refractivity contribution in [1.82, 2.24) is 10.6 Å². The van der Waals surface area contributed by atoms with Crippen LogP contribution in [0.25, 0.3) is 0 Å². The van der Waals surface area contributed by atoms with Crippen molar-refractivity contribution in [3.05, 3.63) is 0 Å². The average molecular weight is 144 g/mol. The molecule has 0 heterocycles. The third-order valence-corrected chi connectivity index (χ3v) is 1.56. The largest absolute Gasteiger partial charge is 0.305 e. The Bertz CT molecular complexity index is 83.7. The fourth-order valence-corrected chi connectivity index (χ4v) is 1.05. The molecule has 0 aromatic heterocycles. The fourth-order valence-electron chi connectivity index (χ4n) is 1.05. The summed E-state index contributed by atoms with van der Waals surface area (Å²) in [5, 5.41) is 6.59.